The Labute approximate surface area is 108 Å². The Morgan fingerprint density at radius 3 is 2.88 bits per heavy atom. The van der Waals surface area contributed by atoms with Crippen LogP contribution in [0.25, 0.3) is 0 Å². The molecular weight excluding hydrogens is 230 g/mol. The van der Waals surface area contributed by atoms with E-state index in [2.05, 4.69) is 40.8 Å². The highest BCUT2D eigenvalue weighted by Crippen LogP contribution is 2.04. The maximum Gasteiger partial charge on any atom is 0.244 e. The van der Waals surface area contributed by atoms with Crippen LogP contribution in [0.15, 0.2) is 18.7 Å². The molecule has 0 N–H and O–H groups in total. The van der Waals surface area contributed by atoms with Crippen molar-refractivity contribution >= 4 is 11.8 Å². The van der Waals surface area contributed by atoms with Crippen molar-refractivity contribution in [3.05, 3.63) is 18.7 Å². The summed E-state index contributed by atoms with van der Waals surface area (Å²) in [5.41, 5.74) is 0. The number of nitriles is 1. The molecule has 0 spiro atoms. The molecule has 0 atom stereocenters. The molecule has 94 valence electrons. The molecule has 0 radical (unpaired) electrons. The molecular formula is C13H22N3S+. The molecule has 0 aliphatic carbocycles. The lowest BCUT2D eigenvalue weighted by atomic mass is 10.1. The lowest BCUT2D eigenvalue weighted by Crippen LogP contribution is -2.29. The van der Waals surface area contributed by atoms with Crippen molar-refractivity contribution in [3.8, 4) is 6.07 Å². The summed E-state index contributed by atoms with van der Waals surface area (Å²) >= 11 is 1.93. The van der Waals surface area contributed by atoms with Crippen LogP contribution in [0.4, 0.5) is 0 Å². The molecule has 1 heterocycles. The number of rotatable bonds is 9. The lowest BCUT2D eigenvalue weighted by molar-refractivity contribution is -0.675. The van der Waals surface area contributed by atoms with E-state index in [1.54, 1.807) is 0 Å². The van der Waals surface area contributed by atoms with Crippen LogP contribution in [0.5, 0.6) is 0 Å². The molecule has 0 aromatic carbocycles. The average molecular weight is 252 g/mol. The first-order chi connectivity index (χ1) is 8.36. The fourth-order valence-corrected chi connectivity index (χ4v) is 2.24. The van der Waals surface area contributed by atoms with E-state index in [4.69, 9.17) is 5.26 Å². The van der Waals surface area contributed by atoms with Crippen molar-refractivity contribution in [1.29, 1.82) is 5.26 Å². The molecule has 0 aliphatic heterocycles. The van der Waals surface area contributed by atoms with E-state index in [-0.39, 0.29) is 0 Å². The van der Waals surface area contributed by atoms with Crippen molar-refractivity contribution in [1.82, 2.24) is 4.57 Å². The second-order valence-corrected chi connectivity index (χ2v) is 5.35. The van der Waals surface area contributed by atoms with Gasteiger partial charge in [0.05, 0.1) is 12.6 Å². The maximum absolute atomic E-state index is 8.42. The minimum absolute atomic E-state index is 0.706. The monoisotopic (exact) mass is 252 g/mol. The third-order valence-electron chi connectivity index (χ3n) is 2.65. The second kappa shape index (κ2) is 9.12. The average Bonchev–Trinajstić information content (AvgIpc) is 2.79. The smallest absolute Gasteiger partial charge is 0.237 e. The standard InChI is InChI=1S/C13H22N3S/c1-2-17-13-16-11-10-15(12-16)9-7-5-3-4-6-8-14/h10-12H,2-7,9,13H2,1H3/q+1. The van der Waals surface area contributed by atoms with Crippen molar-refractivity contribution in [2.75, 3.05) is 5.75 Å². The molecule has 0 fully saturated rings. The van der Waals surface area contributed by atoms with Gasteiger partial charge in [-0.1, -0.05) is 13.3 Å². The van der Waals surface area contributed by atoms with Crippen molar-refractivity contribution in [2.24, 2.45) is 0 Å². The summed E-state index contributed by atoms with van der Waals surface area (Å²) < 4.78 is 4.48. The Balaban J connectivity index is 2.10. The summed E-state index contributed by atoms with van der Waals surface area (Å²) in [4.78, 5) is 0. The molecule has 1 rings (SSSR count). The Kier molecular flexibility index (Phi) is 7.57. The van der Waals surface area contributed by atoms with E-state index < -0.39 is 0 Å². The van der Waals surface area contributed by atoms with Crippen LogP contribution >= 0.6 is 11.8 Å². The molecule has 0 aliphatic rings. The fourth-order valence-electron chi connectivity index (χ4n) is 1.70. The number of thioether (sulfide) groups is 1. The van der Waals surface area contributed by atoms with Gasteiger partial charge in [0.25, 0.3) is 0 Å². The topological polar surface area (TPSA) is 32.6 Å². The largest absolute Gasteiger partial charge is 0.244 e. The molecule has 0 amide bonds. The third-order valence-corrected chi connectivity index (χ3v) is 3.53. The summed E-state index contributed by atoms with van der Waals surface area (Å²) in [7, 11) is 0. The van der Waals surface area contributed by atoms with Crippen LogP contribution in [0, 0.1) is 11.3 Å². The van der Waals surface area contributed by atoms with Crippen LogP contribution in [0.1, 0.15) is 39.0 Å². The predicted octanol–water partition coefficient (Wildman–Crippen LogP) is 2.96. The van der Waals surface area contributed by atoms with Gasteiger partial charge in [0.1, 0.15) is 18.3 Å². The van der Waals surface area contributed by atoms with Crippen LogP contribution in [0.3, 0.4) is 0 Å². The van der Waals surface area contributed by atoms with Gasteiger partial charge in [-0.2, -0.15) is 5.26 Å². The van der Waals surface area contributed by atoms with E-state index in [0.29, 0.717) is 6.42 Å². The fraction of sp³-hybridized carbons (Fsp3) is 0.692. The first kappa shape index (κ1) is 14.1. The summed E-state index contributed by atoms with van der Waals surface area (Å²) in [6, 6.07) is 2.19. The maximum atomic E-state index is 8.42. The van der Waals surface area contributed by atoms with Crippen LogP contribution < -0.4 is 4.57 Å². The normalized spacial score (nSPS) is 10.4. The van der Waals surface area contributed by atoms with Crippen molar-refractivity contribution in [3.63, 3.8) is 0 Å². The van der Waals surface area contributed by atoms with Gasteiger partial charge in [-0.15, -0.1) is 11.8 Å². The molecule has 1 aromatic rings. The van der Waals surface area contributed by atoms with Gasteiger partial charge in [0, 0.05) is 6.42 Å². The zero-order valence-corrected chi connectivity index (χ0v) is 11.5. The number of aryl methyl sites for hydroxylation is 1. The van der Waals surface area contributed by atoms with Crippen molar-refractivity contribution in [2.45, 2.75) is 51.4 Å². The predicted molar refractivity (Wildman–Crippen MR) is 71.5 cm³/mol. The van der Waals surface area contributed by atoms with Gasteiger partial charge >= 0.3 is 0 Å². The minimum atomic E-state index is 0.706. The number of hydrogen-bond donors (Lipinski definition) is 0. The molecule has 0 saturated heterocycles. The molecule has 17 heavy (non-hydrogen) atoms. The SMILES string of the molecule is CCSC[n+]1ccn(CCCCCCC#N)c1. The Morgan fingerprint density at radius 1 is 1.29 bits per heavy atom. The first-order valence-electron chi connectivity index (χ1n) is 6.36. The Hall–Kier alpha value is -0.950. The molecule has 3 nitrogen and oxygen atoms in total. The van der Waals surface area contributed by atoms with Gasteiger partial charge in [0.2, 0.25) is 6.33 Å². The van der Waals surface area contributed by atoms with Gasteiger partial charge in [-0.05, 0) is 25.0 Å². The number of hydrogen-bond acceptors (Lipinski definition) is 2. The minimum Gasteiger partial charge on any atom is -0.237 e. The number of unbranched alkanes of at least 4 members (excludes halogenated alkanes) is 4. The lowest BCUT2D eigenvalue weighted by Gasteiger charge is -1.97. The Morgan fingerprint density at radius 2 is 2.12 bits per heavy atom. The third kappa shape index (κ3) is 6.38. The summed E-state index contributed by atoms with van der Waals surface area (Å²) in [5, 5.41) is 8.42. The zero-order chi connectivity index (χ0) is 12.3. The van der Waals surface area contributed by atoms with Crippen LogP contribution in [0.2, 0.25) is 0 Å². The van der Waals surface area contributed by atoms with Gasteiger partial charge in [0.15, 0.2) is 0 Å². The summed E-state index contributed by atoms with van der Waals surface area (Å²) in [6.07, 6.45) is 11.8. The molecule has 0 unspecified atom stereocenters. The highest BCUT2D eigenvalue weighted by atomic mass is 32.2. The molecule has 1 aromatic heterocycles. The van der Waals surface area contributed by atoms with Crippen LogP contribution in [-0.4, -0.2) is 10.3 Å². The van der Waals surface area contributed by atoms with Gasteiger partial charge in [-0.25, -0.2) is 9.13 Å². The molecule has 0 bridgehead atoms. The molecule has 0 saturated carbocycles. The number of aromatic nitrogens is 2. The van der Waals surface area contributed by atoms with E-state index in [1.807, 2.05) is 11.8 Å². The van der Waals surface area contributed by atoms with E-state index in [9.17, 15) is 0 Å². The highest BCUT2D eigenvalue weighted by molar-refractivity contribution is 7.98. The van der Waals surface area contributed by atoms with Gasteiger partial charge in [-0.3, -0.25) is 0 Å². The van der Waals surface area contributed by atoms with E-state index >= 15 is 0 Å². The summed E-state index contributed by atoms with van der Waals surface area (Å²) in [6.45, 7) is 3.28. The van der Waals surface area contributed by atoms with Crippen LogP contribution in [-0.2, 0) is 12.4 Å². The van der Waals surface area contributed by atoms with E-state index in [0.717, 1.165) is 24.6 Å². The summed E-state index contributed by atoms with van der Waals surface area (Å²) in [5.74, 6) is 2.21. The van der Waals surface area contributed by atoms with E-state index in [1.165, 1.54) is 19.3 Å². The zero-order valence-electron chi connectivity index (χ0n) is 10.6. The van der Waals surface area contributed by atoms with Crippen molar-refractivity contribution < 1.29 is 4.57 Å². The number of nitrogens with zero attached hydrogens (tertiary/aromatic N) is 3. The van der Waals surface area contributed by atoms with Gasteiger partial charge < -0.3 is 0 Å². The quantitative estimate of drug-likeness (QED) is 0.500. The first-order valence-corrected chi connectivity index (χ1v) is 7.51. The highest BCUT2D eigenvalue weighted by Gasteiger charge is 2.02. The molecule has 4 heteroatoms. The Bertz CT molecular complexity index is 341. The second-order valence-electron chi connectivity index (χ2n) is 4.11. The number of imidazole rings is 1.